The maximum Gasteiger partial charge on any atom is 0.267 e. The van der Waals surface area contributed by atoms with Gasteiger partial charge in [-0.3, -0.25) is 10.0 Å². The van der Waals surface area contributed by atoms with Gasteiger partial charge in [0.15, 0.2) is 0 Å². The number of benzene rings is 2. The van der Waals surface area contributed by atoms with Crippen LogP contribution in [0.15, 0.2) is 54.6 Å². The van der Waals surface area contributed by atoms with Crippen molar-refractivity contribution in [1.29, 1.82) is 0 Å². The first-order chi connectivity index (χ1) is 10.1. The Morgan fingerprint density at radius 3 is 2.00 bits per heavy atom. The van der Waals surface area contributed by atoms with Crippen molar-refractivity contribution in [3.63, 3.8) is 0 Å². The second-order valence-electron chi connectivity index (χ2n) is 4.87. The average molecular weight is 282 g/mol. The molecule has 0 radical (unpaired) electrons. The van der Waals surface area contributed by atoms with Gasteiger partial charge in [0, 0.05) is 25.9 Å². The van der Waals surface area contributed by atoms with Crippen LogP contribution < -0.4 is 10.4 Å². The lowest BCUT2D eigenvalue weighted by atomic mass is 10.0. The number of nitrogens with zero attached hydrogens (tertiary/aromatic N) is 1. The van der Waals surface area contributed by atoms with Crippen LogP contribution in [0.3, 0.4) is 0 Å². The molecule has 0 unspecified atom stereocenters. The molecule has 0 aliphatic carbocycles. The summed E-state index contributed by atoms with van der Waals surface area (Å²) < 4.78 is 0. The van der Waals surface area contributed by atoms with Crippen LogP contribution in [-0.2, 0) is 4.79 Å². The van der Waals surface area contributed by atoms with Gasteiger partial charge in [0.1, 0.15) is 0 Å². The van der Waals surface area contributed by atoms with E-state index < -0.39 is 5.91 Å². The predicted octanol–water partition coefficient (Wildman–Crippen LogP) is 2.94. The van der Waals surface area contributed by atoms with Gasteiger partial charge < -0.3 is 4.90 Å². The quantitative estimate of drug-likeness (QED) is 0.515. The molecule has 2 N–H and O–H groups in total. The Kier molecular flexibility index (Phi) is 4.74. The third-order valence-corrected chi connectivity index (χ3v) is 3.17. The van der Waals surface area contributed by atoms with Crippen molar-refractivity contribution in [2.24, 2.45) is 0 Å². The lowest BCUT2D eigenvalue weighted by molar-refractivity contribution is -0.124. The summed E-state index contributed by atoms with van der Waals surface area (Å²) in [5.41, 5.74) is 5.87. The number of carbonyl (C=O) groups is 1. The largest absolute Gasteiger partial charge is 0.378 e. The maximum atomic E-state index is 10.9. The molecule has 4 nitrogen and oxygen atoms in total. The second kappa shape index (κ2) is 6.72. The highest BCUT2D eigenvalue weighted by Gasteiger charge is 1.99. The minimum atomic E-state index is -0.543. The standard InChI is InChI=1S/C17H18N2O2/c1-19(2)16-10-8-15(9-11-16)14-6-3-13(4-7-14)5-12-17(20)18-21/h3-12,21H,1-2H3,(H,18,20)/b12-5+. The van der Waals surface area contributed by atoms with Crippen LogP contribution >= 0.6 is 0 Å². The maximum absolute atomic E-state index is 10.9. The van der Waals surface area contributed by atoms with Crippen LogP contribution in [0.1, 0.15) is 5.56 Å². The summed E-state index contributed by atoms with van der Waals surface area (Å²) in [4.78, 5) is 13.0. The lowest BCUT2D eigenvalue weighted by Gasteiger charge is -2.12. The zero-order chi connectivity index (χ0) is 15.2. The van der Waals surface area contributed by atoms with Crippen LogP contribution in [0.5, 0.6) is 0 Å². The van der Waals surface area contributed by atoms with Crippen LogP contribution in [-0.4, -0.2) is 25.2 Å². The summed E-state index contributed by atoms with van der Waals surface area (Å²) in [5, 5.41) is 8.41. The first-order valence-electron chi connectivity index (χ1n) is 6.60. The van der Waals surface area contributed by atoms with Crippen LogP contribution in [0.2, 0.25) is 0 Å². The van der Waals surface area contributed by atoms with Crippen molar-refractivity contribution >= 4 is 17.7 Å². The fourth-order valence-corrected chi connectivity index (χ4v) is 1.95. The molecule has 0 aromatic heterocycles. The summed E-state index contributed by atoms with van der Waals surface area (Å²) in [6.07, 6.45) is 2.92. The van der Waals surface area contributed by atoms with Gasteiger partial charge >= 0.3 is 0 Å². The molecule has 108 valence electrons. The van der Waals surface area contributed by atoms with E-state index in [4.69, 9.17) is 5.21 Å². The zero-order valence-electron chi connectivity index (χ0n) is 12.1. The predicted molar refractivity (Wildman–Crippen MR) is 85.2 cm³/mol. The van der Waals surface area contributed by atoms with Crippen LogP contribution in [0.25, 0.3) is 17.2 Å². The minimum Gasteiger partial charge on any atom is -0.378 e. The Labute approximate surface area is 124 Å². The summed E-state index contributed by atoms with van der Waals surface area (Å²) >= 11 is 0. The molecule has 0 aliphatic rings. The van der Waals surface area contributed by atoms with E-state index in [2.05, 4.69) is 29.2 Å². The average Bonchev–Trinajstić information content (AvgIpc) is 2.53. The molecule has 0 bridgehead atoms. The molecule has 0 spiro atoms. The van der Waals surface area contributed by atoms with Crippen LogP contribution in [0, 0.1) is 0 Å². The number of hydrogen-bond acceptors (Lipinski definition) is 3. The van der Waals surface area contributed by atoms with Gasteiger partial charge in [-0.2, -0.15) is 0 Å². The summed E-state index contributed by atoms with van der Waals surface area (Å²) in [5.74, 6) is -0.543. The molecule has 21 heavy (non-hydrogen) atoms. The van der Waals surface area contributed by atoms with E-state index in [1.165, 1.54) is 6.08 Å². The van der Waals surface area contributed by atoms with Gasteiger partial charge in [-0.05, 0) is 34.9 Å². The lowest BCUT2D eigenvalue weighted by Crippen LogP contribution is -2.14. The van der Waals surface area contributed by atoms with Crippen molar-refractivity contribution in [2.75, 3.05) is 19.0 Å². The molecule has 0 saturated heterocycles. The first-order valence-corrected chi connectivity index (χ1v) is 6.60. The highest BCUT2D eigenvalue weighted by atomic mass is 16.5. The number of amides is 1. The van der Waals surface area contributed by atoms with Gasteiger partial charge in [0.25, 0.3) is 5.91 Å². The van der Waals surface area contributed by atoms with E-state index in [0.717, 1.165) is 22.4 Å². The fraction of sp³-hybridized carbons (Fsp3) is 0.118. The second-order valence-corrected chi connectivity index (χ2v) is 4.87. The Balaban J connectivity index is 2.15. The molecular weight excluding hydrogens is 264 g/mol. The van der Waals surface area contributed by atoms with E-state index in [9.17, 15) is 4.79 Å². The molecule has 2 aromatic carbocycles. The minimum absolute atomic E-state index is 0.543. The van der Waals surface area contributed by atoms with Crippen molar-refractivity contribution in [3.8, 4) is 11.1 Å². The highest BCUT2D eigenvalue weighted by Crippen LogP contribution is 2.23. The van der Waals surface area contributed by atoms with Crippen molar-refractivity contribution in [3.05, 3.63) is 60.2 Å². The van der Waals surface area contributed by atoms with Gasteiger partial charge in [0.05, 0.1) is 0 Å². The number of rotatable bonds is 4. The smallest absolute Gasteiger partial charge is 0.267 e. The van der Waals surface area contributed by atoms with E-state index in [1.54, 1.807) is 11.6 Å². The molecule has 0 fully saturated rings. The van der Waals surface area contributed by atoms with E-state index in [1.807, 2.05) is 38.4 Å². The molecule has 4 heteroatoms. The van der Waals surface area contributed by atoms with Gasteiger partial charge in [-0.25, -0.2) is 5.48 Å². The van der Waals surface area contributed by atoms with E-state index in [0.29, 0.717) is 0 Å². The molecule has 1 amide bonds. The Bertz CT molecular complexity index is 629. The monoisotopic (exact) mass is 282 g/mol. The SMILES string of the molecule is CN(C)c1ccc(-c2ccc(/C=C/C(=O)NO)cc2)cc1. The fourth-order valence-electron chi connectivity index (χ4n) is 1.95. The number of nitrogens with one attached hydrogen (secondary N) is 1. The summed E-state index contributed by atoms with van der Waals surface area (Å²) in [7, 11) is 4.03. The third-order valence-electron chi connectivity index (χ3n) is 3.17. The third kappa shape index (κ3) is 3.94. The highest BCUT2D eigenvalue weighted by molar-refractivity contribution is 5.90. The number of hydrogen-bond donors (Lipinski definition) is 2. The van der Waals surface area contributed by atoms with Crippen molar-refractivity contribution in [2.45, 2.75) is 0 Å². The number of carbonyl (C=O) groups excluding carboxylic acids is 1. The normalized spacial score (nSPS) is 10.6. The first kappa shape index (κ1) is 14.8. The zero-order valence-corrected chi connectivity index (χ0v) is 12.1. The van der Waals surface area contributed by atoms with Crippen molar-refractivity contribution < 1.29 is 10.0 Å². The van der Waals surface area contributed by atoms with Gasteiger partial charge in [0.2, 0.25) is 0 Å². The molecule has 2 aromatic rings. The number of hydroxylamine groups is 1. The Hall–Kier alpha value is -2.59. The van der Waals surface area contributed by atoms with Gasteiger partial charge in [-0.15, -0.1) is 0 Å². The van der Waals surface area contributed by atoms with Crippen molar-refractivity contribution in [1.82, 2.24) is 5.48 Å². The molecule has 2 rings (SSSR count). The van der Waals surface area contributed by atoms with Gasteiger partial charge in [-0.1, -0.05) is 36.4 Å². The number of anilines is 1. The molecular formula is C17H18N2O2. The molecule has 0 saturated carbocycles. The van der Waals surface area contributed by atoms with Crippen LogP contribution in [0.4, 0.5) is 5.69 Å². The van der Waals surface area contributed by atoms with E-state index in [-0.39, 0.29) is 0 Å². The molecule has 0 heterocycles. The molecule has 0 aliphatic heterocycles. The van der Waals surface area contributed by atoms with E-state index >= 15 is 0 Å². The Morgan fingerprint density at radius 2 is 1.52 bits per heavy atom. The summed E-state index contributed by atoms with van der Waals surface area (Å²) in [6, 6.07) is 16.2. The Morgan fingerprint density at radius 1 is 1.00 bits per heavy atom. The summed E-state index contributed by atoms with van der Waals surface area (Å²) in [6.45, 7) is 0. The topological polar surface area (TPSA) is 52.6 Å². The molecule has 0 atom stereocenters.